The number of halogens is 1. The van der Waals surface area contributed by atoms with Crippen LogP contribution < -0.4 is 0 Å². The van der Waals surface area contributed by atoms with Crippen LogP contribution in [0.25, 0.3) is 0 Å². The highest BCUT2D eigenvalue weighted by Crippen LogP contribution is 2.26. The van der Waals surface area contributed by atoms with Gasteiger partial charge in [-0.05, 0) is 12.3 Å². The first-order valence-corrected chi connectivity index (χ1v) is 5.97. The maximum absolute atomic E-state index is 6.12. The van der Waals surface area contributed by atoms with Crippen LogP contribution in [0.3, 0.4) is 0 Å². The van der Waals surface area contributed by atoms with E-state index >= 15 is 0 Å². The summed E-state index contributed by atoms with van der Waals surface area (Å²) in [6.07, 6.45) is 1.91. The molecule has 0 fully saturated rings. The molecule has 2 unspecified atom stereocenters. The maximum Gasteiger partial charge on any atom is 0.229 e. The van der Waals surface area contributed by atoms with Crippen LogP contribution in [0.2, 0.25) is 0 Å². The second-order valence-corrected chi connectivity index (χ2v) is 4.81. The highest BCUT2D eigenvalue weighted by Gasteiger charge is 2.20. The third-order valence-corrected chi connectivity index (χ3v) is 3.08. The second-order valence-electron chi connectivity index (χ2n) is 4.28. The van der Waals surface area contributed by atoms with Crippen molar-refractivity contribution in [1.82, 2.24) is 10.1 Å². The molecule has 0 radical (unpaired) electrons. The van der Waals surface area contributed by atoms with E-state index in [1.54, 1.807) is 0 Å². The van der Waals surface area contributed by atoms with Crippen LogP contribution in [0.5, 0.6) is 0 Å². The van der Waals surface area contributed by atoms with Crippen molar-refractivity contribution in [2.24, 2.45) is 5.92 Å². The summed E-state index contributed by atoms with van der Waals surface area (Å²) in [7, 11) is 0. The Kier molecular flexibility index (Phi) is 4.58. The molecule has 0 aliphatic rings. The average molecular weight is 231 g/mol. The zero-order valence-electron chi connectivity index (χ0n) is 9.83. The normalized spacial score (nSPS) is 15.6. The van der Waals surface area contributed by atoms with E-state index in [0.717, 1.165) is 12.8 Å². The van der Waals surface area contributed by atoms with E-state index in [9.17, 15) is 0 Å². The summed E-state index contributed by atoms with van der Waals surface area (Å²) in [6.45, 7) is 8.45. The second kappa shape index (κ2) is 5.50. The Morgan fingerprint density at radius 1 is 1.33 bits per heavy atom. The van der Waals surface area contributed by atoms with Crippen molar-refractivity contribution in [2.45, 2.75) is 51.8 Å². The van der Waals surface area contributed by atoms with E-state index < -0.39 is 0 Å². The SMILES string of the molecule is CCCC(Cl)c1noc(C(C)C(C)C)n1. The molecule has 1 aromatic rings. The third kappa shape index (κ3) is 3.20. The van der Waals surface area contributed by atoms with E-state index in [4.69, 9.17) is 16.1 Å². The first kappa shape index (κ1) is 12.5. The number of aromatic nitrogens is 2. The van der Waals surface area contributed by atoms with Crippen LogP contribution >= 0.6 is 11.6 Å². The minimum atomic E-state index is -0.119. The van der Waals surface area contributed by atoms with Gasteiger partial charge in [-0.1, -0.05) is 39.3 Å². The van der Waals surface area contributed by atoms with E-state index in [0.29, 0.717) is 17.6 Å². The summed E-state index contributed by atoms with van der Waals surface area (Å²) in [5, 5.41) is 3.80. The molecule has 0 amide bonds. The Hall–Kier alpha value is -0.570. The van der Waals surface area contributed by atoms with Gasteiger partial charge in [0.1, 0.15) is 0 Å². The Balaban J connectivity index is 2.71. The molecule has 0 aliphatic heterocycles. The van der Waals surface area contributed by atoms with Crippen LogP contribution in [0.15, 0.2) is 4.52 Å². The molecular formula is C11H19ClN2O. The molecule has 4 heteroatoms. The number of rotatable bonds is 5. The molecule has 0 aromatic carbocycles. The van der Waals surface area contributed by atoms with Gasteiger partial charge < -0.3 is 4.52 Å². The molecule has 1 rings (SSSR count). The largest absolute Gasteiger partial charge is 0.339 e. The van der Waals surface area contributed by atoms with Gasteiger partial charge in [0.2, 0.25) is 5.89 Å². The zero-order valence-corrected chi connectivity index (χ0v) is 10.6. The lowest BCUT2D eigenvalue weighted by molar-refractivity contribution is 0.328. The molecule has 0 N–H and O–H groups in total. The molecule has 1 heterocycles. The van der Waals surface area contributed by atoms with Gasteiger partial charge in [0, 0.05) is 5.92 Å². The molecule has 3 nitrogen and oxygen atoms in total. The first-order valence-electron chi connectivity index (χ1n) is 5.53. The van der Waals surface area contributed by atoms with Gasteiger partial charge in [-0.15, -0.1) is 11.6 Å². The summed E-state index contributed by atoms with van der Waals surface area (Å²) < 4.78 is 5.21. The van der Waals surface area contributed by atoms with E-state index in [2.05, 4.69) is 37.8 Å². The predicted octanol–water partition coefficient (Wildman–Crippen LogP) is 3.91. The predicted molar refractivity (Wildman–Crippen MR) is 61.1 cm³/mol. The van der Waals surface area contributed by atoms with Gasteiger partial charge in [-0.2, -0.15) is 4.98 Å². The summed E-state index contributed by atoms with van der Waals surface area (Å²) in [4.78, 5) is 4.34. The van der Waals surface area contributed by atoms with Crippen LogP contribution in [0.1, 0.15) is 63.5 Å². The van der Waals surface area contributed by atoms with Crippen molar-refractivity contribution >= 4 is 11.6 Å². The molecule has 2 atom stereocenters. The van der Waals surface area contributed by atoms with Crippen LogP contribution in [0, 0.1) is 5.92 Å². The van der Waals surface area contributed by atoms with Crippen molar-refractivity contribution in [2.75, 3.05) is 0 Å². The molecule has 1 aromatic heterocycles. The maximum atomic E-state index is 6.12. The Morgan fingerprint density at radius 2 is 2.00 bits per heavy atom. The van der Waals surface area contributed by atoms with Gasteiger partial charge in [-0.25, -0.2) is 0 Å². The van der Waals surface area contributed by atoms with Crippen molar-refractivity contribution < 1.29 is 4.52 Å². The van der Waals surface area contributed by atoms with Crippen molar-refractivity contribution in [3.63, 3.8) is 0 Å². The fourth-order valence-corrected chi connectivity index (χ4v) is 1.53. The monoisotopic (exact) mass is 230 g/mol. The zero-order chi connectivity index (χ0) is 11.4. The lowest BCUT2D eigenvalue weighted by Gasteiger charge is -2.09. The van der Waals surface area contributed by atoms with Crippen LogP contribution in [-0.2, 0) is 0 Å². The van der Waals surface area contributed by atoms with Crippen LogP contribution in [-0.4, -0.2) is 10.1 Å². The topological polar surface area (TPSA) is 38.9 Å². The fraction of sp³-hybridized carbons (Fsp3) is 0.818. The van der Waals surface area contributed by atoms with E-state index in [-0.39, 0.29) is 11.3 Å². The van der Waals surface area contributed by atoms with Crippen molar-refractivity contribution in [3.8, 4) is 0 Å². The Morgan fingerprint density at radius 3 is 2.53 bits per heavy atom. The smallest absolute Gasteiger partial charge is 0.229 e. The fourth-order valence-electron chi connectivity index (χ4n) is 1.23. The summed E-state index contributed by atoms with van der Waals surface area (Å²) >= 11 is 6.12. The number of nitrogens with zero attached hydrogens (tertiary/aromatic N) is 2. The molecule has 0 bridgehead atoms. The molecule has 0 aliphatic carbocycles. The highest BCUT2D eigenvalue weighted by atomic mass is 35.5. The van der Waals surface area contributed by atoms with Gasteiger partial charge in [0.05, 0.1) is 5.38 Å². The average Bonchev–Trinajstić information content (AvgIpc) is 2.65. The number of alkyl halides is 1. The lowest BCUT2D eigenvalue weighted by atomic mass is 9.98. The minimum Gasteiger partial charge on any atom is -0.339 e. The molecule has 0 spiro atoms. The Labute approximate surface area is 96.2 Å². The molecule has 0 saturated carbocycles. The van der Waals surface area contributed by atoms with Crippen molar-refractivity contribution in [3.05, 3.63) is 11.7 Å². The van der Waals surface area contributed by atoms with Gasteiger partial charge in [0.15, 0.2) is 5.82 Å². The molecule has 0 saturated heterocycles. The summed E-state index contributed by atoms with van der Waals surface area (Å²) in [6, 6.07) is 0. The van der Waals surface area contributed by atoms with Crippen molar-refractivity contribution in [1.29, 1.82) is 0 Å². The standard InChI is InChI=1S/C11H19ClN2O/c1-5-6-9(12)10-13-11(15-14-10)8(4)7(2)3/h7-9H,5-6H2,1-4H3. The first-order chi connectivity index (χ1) is 7.06. The summed E-state index contributed by atoms with van der Waals surface area (Å²) in [5.74, 6) is 2.11. The molecular weight excluding hydrogens is 212 g/mol. The Bertz CT molecular complexity index is 299. The molecule has 15 heavy (non-hydrogen) atoms. The lowest BCUT2D eigenvalue weighted by Crippen LogP contribution is -2.02. The number of hydrogen-bond donors (Lipinski definition) is 0. The van der Waals surface area contributed by atoms with E-state index in [1.165, 1.54) is 0 Å². The number of hydrogen-bond acceptors (Lipinski definition) is 3. The third-order valence-electron chi connectivity index (χ3n) is 2.67. The van der Waals surface area contributed by atoms with Gasteiger partial charge >= 0.3 is 0 Å². The molecule has 86 valence electrons. The minimum absolute atomic E-state index is 0.119. The van der Waals surface area contributed by atoms with Crippen LogP contribution in [0.4, 0.5) is 0 Å². The summed E-state index contributed by atoms with van der Waals surface area (Å²) in [5.41, 5.74) is 0. The quantitative estimate of drug-likeness (QED) is 0.720. The van der Waals surface area contributed by atoms with Gasteiger partial charge in [-0.3, -0.25) is 0 Å². The van der Waals surface area contributed by atoms with E-state index in [1.807, 2.05) is 0 Å². The van der Waals surface area contributed by atoms with Gasteiger partial charge in [0.25, 0.3) is 0 Å². The highest BCUT2D eigenvalue weighted by molar-refractivity contribution is 6.20.